The third-order valence-electron chi connectivity index (χ3n) is 5.11. The summed E-state index contributed by atoms with van der Waals surface area (Å²) < 4.78 is 10.8. The van der Waals surface area contributed by atoms with Gasteiger partial charge in [-0.15, -0.1) is 0 Å². The molecule has 0 aliphatic rings. The Morgan fingerprint density at radius 3 is 2.52 bits per heavy atom. The summed E-state index contributed by atoms with van der Waals surface area (Å²) in [5.41, 5.74) is 4.67. The number of aromatic nitrogens is 1. The molecule has 0 aliphatic heterocycles. The average molecular weight is 384 g/mol. The van der Waals surface area contributed by atoms with Crippen molar-refractivity contribution < 1.29 is 9.47 Å². The lowest BCUT2D eigenvalue weighted by Crippen LogP contribution is -2.13. The van der Waals surface area contributed by atoms with Crippen molar-refractivity contribution in [1.29, 1.82) is 0 Å². The average Bonchev–Trinajstić information content (AvgIpc) is 2.79. The number of para-hydroxylation sites is 1. The van der Waals surface area contributed by atoms with Crippen LogP contribution in [-0.4, -0.2) is 19.2 Å². The maximum Gasteiger partial charge on any atom is 0.123 e. The summed E-state index contributed by atoms with van der Waals surface area (Å²) in [5.74, 6) is 1.76. The molecule has 0 bridgehead atoms. The minimum absolute atomic E-state index is 0.739. The number of hydrogen-bond donors (Lipinski definition) is 1. The fourth-order valence-corrected chi connectivity index (χ4v) is 3.63. The molecule has 0 amide bonds. The van der Waals surface area contributed by atoms with Gasteiger partial charge in [-0.25, -0.2) is 0 Å². The van der Waals surface area contributed by atoms with Crippen molar-refractivity contribution in [2.45, 2.75) is 13.1 Å². The molecule has 4 heteroatoms. The van der Waals surface area contributed by atoms with E-state index in [-0.39, 0.29) is 0 Å². The number of fused-ring (bicyclic) bond motifs is 1. The highest BCUT2D eigenvalue weighted by Gasteiger charge is 2.09. The normalized spacial score (nSPS) is 10.8. The lowest BCUT2D eigenvalue weighted by Gasteiger charge is -2.13. The minimum atomic E-state index is 0.739. The van der Waals surface area contributed by atoms with Crippen LogP contribution in [0.1, 0.15) is 11.1 Å². The minimum Gasteiger partial charge on any atom is -0.497 e. The van der Waals surface area contributed by atoms with Crippen molar-refractivity contribution in [1.82, 2.24) is 10.3 Å². The summed E-state index contributed by atoms with van der Waals surface area (Å²) in [6.45, 7) is 1.49. The number of hydrogen-bond acceptors (Lipinski definition) is 4. The Bertz CT molecular complexity index is 1120. The van der Waals surface area contributed by atoms with E-state index in [1.165, 1.54) is 16.5 Å². The Morgan fingerprint density at radius 1 is 0.793 bits per heavy atom. The zero-order valence-corrected chi connectivity index (χ0v) is 16.7. The Balaban J connectivity index is 1.61. The number of rotatable bonds is 7. The number of pyridine rings is 1. The monoisotopic (exact) mass is 384 g/mol. The molecule has 0 saturated heterocycles. The van der Waals surface area contributed by atoms with Gasteiger partial charge >= 0.3 is 0 Å². The van der Waals surface area contributed by atoms with Gasteiger partial charge in [-0.2, -0.15) is 0 Å². The molecule has 0 fully saturated rings. The highest BCUT2D eigenvalue weighted by Crippen LogP contribution is 2.32. The van der Waals surface area contributed by atoms with E-state index in [1.54, 1.807) is 14.2 Å². The van der Waals surface area contributed by atoms with Crippen molar-refractivity contribution >= 4 is 10.8 Å². The van der Waals surface area contributed by atoms with E-state index in [0.29, 0.717) is 0 Å². The van der Waals surface area contributed by atoms with Gasteiger partial charge in [-0.1, -0.05) is 42.5 Å². The van der Waals surface area contributed by atoms with E-state index < -0.39 is 0 Å². The van der Waals surface area contributed by atoms with Gasteiger partial charge in [0.15, 0.2) is 0 Å². The Kier molecular flexibility index (Phi) is 5.73. The SMILES string of the molecule is COc1cccc(-c2ccc(CNCc3ccccc3OC)c3cnccc23)c1. The van der Waals surface area contributed by atoms with Crippen LogP contribution in [0, 0.1) is 0 Å². The van der Waals surface area contributed by atoms with Crippen molar-refractivity contribution in [2.75, 3.05) is 14.2 Å². The predicted octanol–water partition coefficient (Wildman–Crippen LogP) is 5.21. The van der Waals surface area contributed by atoms with E-state index >= 15 is 0 Å². The molecular formula is C25H24N2O2. The molecule has 0 spiro atoms. The van der Waals surface area contributed by atoms with Crippen LogP contribution in [0.4, 0.5) is 0 Å². The second-order valence-electron chi connectivity index (χ2n) is 6.84. The topological polar surface area (TPSA) is 43.4 Å². The summed E-state index contributed by atoms with van der Waals surface area (Å²) in [6.07, 6.45) is 3.79. The Morgan fingerprint density at radius 2 is 1.66 bits per heavy atom. The Hall–Kier alpha value is -3.37. The fraction of sp³-hybridized carbons (Fsp3) is 0.160. The summed E-state index contributed by atoms with van der Waals surface area (Å²) in [7, 11) is 3.40. The van der Waals surface area contributed by atoms with Crippen LogP contribution in [0.3, 0.4) is 0 Å². The van der Waals surface area contributed by atoms with Crippen molar-refractivity contribution in [3.63, 3.8) is 0 Å². The smallest absolute Gasteiger partial charge is 0.123 e. The molecule has 0 unspecified atom stereocenters. The second-order valence-corrected chi connectivity index (χ2v) is 6.84. The molecule has 1 heterocycles. The van der Waals surface area contributed by atoms with E-state index in [4.69, 9.17) is 9.47 Å². The van der Waals surface area contributed by atoms with Gasteiger partial charge in [-0.3, -0.25) is 4.98 Å². The number of nitrogens with zero attached hydrogens (tertiary/aromatic N) is 1. The molecule has 29 heavy (non-hydrogen) atoms. The van der Waals surface area contributed by atoms with Crippen molar-refractivity contribution in [3.8, 4) is 22.6 Å². The molecule has 4 aromatic rings. The van der Waals surface area contributed by atoms with Crippen molar-refractivity contribution in [3.05, 3.63) is 90.3 Å². The van der Waals surface area contributed by atoms with Crippen LogP contribution >= 0.6 is 0 Å². The van der Waals surface area contributed by atoms with Gasteiger partial charge in [0.1, 0.15) is 11.5 Å². The molecule has 0 aliphatic carbocycles. The summed E-state index contributed by atoms with van der Waals surface area (Å²) in [6, 6.07) is 22.7. The van der Waals surface area contributed by atoms with Gasteiger partial charge in [0, 0.05) is 36.4 Å². The summed E-state index contributed by atoms with van der Waals surface area (Å²) >= 11 is 0. The van der Waals surface area contributed by atoms with Crippen LogP contribution < -0.4 is 14.8 Å². The van der Waals surface area contributed by atoms with Gasteiger partial charge in [-0.05, 0) is 46.3 Å². The maximum absolute atomic E-state index is 5.44. The maximum atomic E-state index is 5.44. The molecule has 3 aromatic carbocycles. The van der Waals surface area contributed by atoms with Gasteiger partial charge in [0.2, 0.25) is 0 Å². The molecular weight excluding hydrogens is 360 g/mol. The first kappa shape index (κ1) is 19.0. The predicted molar refractivity (Wildman–Crippen MR) is 117 cm³/mol. The largest absolute Gasteiger partial charge is 0.497 e. The zero-order valence-electron chi connectivity index (χ0n) is 16.7. The first-order valence-electron chi connectivity index (χ1n) is 9.63. The van der Waals surface area contributed by atoms with E-state index in [9.17, 15) is 0 Å². The van der Waals surface area contributed by atoms with E-state index in [0.717, 1.165) is 41.1 Å². The van der Waals surface area contributed by atoms with Crippen LogP contribution in [0.5, 0.6) is 11.5 Å². The fourth-order valence-electron chi connectivity index (χ4n) is 3.63. The van der Waals surface area contributed by atoms with Gasteiger partial charge in [0.25, 0.3) is 0 Å². The quantitative estimate of drug-likeness (QED) is 0.475. The first-order chi connectivity index (χ1) is 14.3. The summed E-state index contributed by atoms with van der Waals surface area (Å²) in [5, 5.41) is 5.87. The van der Waals surface area contributed by atoms with Crippen LogP contribution in [0.15, 0.2) is 79.1 Å². The molecule has 0 saturated carbocycles. The summed E-state index contributed by atoms with van der Waals surface area (Å²) in [4.78, 5) is 4.36. The highest BCUT2D eigenvalue weighted by atomic mass is 16.5. The van der Waals surface area contributed by atoms with Crippen molar-refractivity contribution in [2.24, 2.45) is 0 Å². The van der Waals surface area contributed by atoms with Crippen LogP contribution in [0.25, 0.3) is 21.9 Å². The first-order valence-corrected chi connectivity index (χ1v) is 9.63. The molecule has 4 nitrogen and oxygen atoms in total. The zero-order chi connectivity index (χ0) is 20.1. The number of nitrogens with one attached hydrogen (secondary N) is 1. The molecule has 1 aromatic heterocycles. The highest BCUT2D eigenvalue weighted by molar-refractivity contribution is 5.98. The van der Waals surface area contributed by atoms with E-state index in [2.05, 4.69) is 46.7 Å². The second kappa shape index (κ2) is 8.76. The molecule has 4 rings (SSSR count). The molecule has 0 atom stereocenters. The Labute approximate surface area is 171 Å². The molecule has 146 valence electrons. The van der Waals surface area contributed by atoms with Gasteiger partial charge < -0.3 is 14.8 Å². The van der Waals surface area contributed by atoms with Crippen LogP contribution in [0.2, 0.25) is 0 Å². The lowest BCUT2D eigenvalue weighted by atomic mass is 9.96. The molecule has 1 N–H and O–H groups in total. The number of benzene rings is 3. The third kappa shape index (κ3) is 4.08. The number of methoxy groups -OCH3 is 2. The third-order valence-corrected chi connectivity index (χ3v) is 5.11. The number of ether oxygens (including phenoxy) is 2. The molecule has 0 radical (unpaired) electrons. The van der Waals surface area contributed by atoms with Crippen LogP contribution in [-0.2, 0) is 13.1 Å². The standard InChI is InChI=1S/C25H24N2O2/c1-28-21-8-5-7-18(14-21)22-11-10-19(24-17-26-13-12-23(22)24)15-27-16-20-6-3-4-9-25(20)29-2/h3-14,17,27H,15-16H2,1-2H3. The van der Waals surface area contributed by atoms with Gasteiger partial charge in [0.05, 0.1) is 14.2 Å². The lowest BCUT2D eigenvalue weighted by molar-refractivity contribution is 0.407. The van der Waals surface area contributed by atoms with E-state index in [1.807, 2.05) is 42.7 Å².